The van der Waals surface area contributed by atoms with Gasteiger partial charge in [-0.15, -0.1) is 0 Å². The van der Waals surface area contributed by atoms with Gasteiger partial charge in [0.25, 0.3) is 0 Å². The van der Waals surface area contributed by atoms with E-state index in [1.54, 1.807) is 19.2 Å². The molecular formula is C21H22ClN5O3. The summed E-state index contributed by atoms with van der Waals surface area (Å²) >= 11 is 5.98. The van der Waals surface area contributed by atoms with Gasteiger partial charge in [-0.2, -0.15) is 4.98 Å². The number of amides is 3. The third-order valence-corrected chi connectivity index (χ3v) is 4.65. The van der Waals surface area contributed by atoms with Gasteiger partial charge in [0, 0.05) is 37.3 Å². The lowest BCUT2D eigenvalue weighted by molar-refractivity contribution is 0.0907. The third-order valence-electron chi connectivity index (χ3n) is 4.42. The van der Waals surface area contributed by atoms with Crippen LogP contribution in [0.2, 0.25) is 5.02 Å². The second kappa shape index (κ2) is 9.89. The highest BCUT2D eigenvalue weighted by Gasteiger charge is 2.16. The van der Waals surface area contributed by atoms with Crippen LogP contribution in [0.1, 0.15) is 27.6 Å². The van der Waals surface area contributed by atoms with E-state index in [9.17, 15) is 9.59 Å². The number of nitrogens with one attached hydrogen (secondary N) is 2. The van der Waals surface area contributed by atoms with Crippen LogP contribution in [0.3, 0.4) is 0 Å². The zero-order chi connectivity index (χ0) is 21.5. The molecule has 0 atom stereocenters. The minimum absolute atomic E-state index is 0.109. The Bertz CT molecular complexity index is 1020. The highest BCUT2D eigenvalue weighted by Crippen LogP contribution is 2.20. The summed E-state index contributed by atoms with van der Waals surface area (Å²) in [4.78, 5) is 30.1. The Morgan fingerprint density at radius 3 is 2.70 bits per heavy atom. The molecule has 1 aromatic heterocycles. The standard InChI is InChI=1S/C21H22ClN5O3/c1-14-8-9-16(22)12-17(14)24-21(29)27(2)11-10-18-25-20(30-26-18)19(28)23-13-15-6-4-3-5-7-15/h3-9,12H,10-11,13H2,1-2H3,(H,23,28)(H,24,29). The normalized spacial score (nSPS) is 10.5. The highest BCUT2D eigenvalue weighted by atomic mass is 35.5. The number of rotatable bonds is 7. The number of aromatic nitrogens is 2. The van der Waals surface area contributed by atoms with Crippen LogP contribution < -0.4 is 10.6 Å². The first-order chi connectivity index (χ1) is 14.4. The first kappa shape index (κ1) is 21.3. The lowest BCUT2D eigenvalue weighted by atomic mass is 10.2. The Morgan fingerprint density at radius 1 is 1.17 bits per heavy atom. The average Bonchev–Trinajstić information content (AvgIpc) is 3.22. The summed E-state index contributed by atoms with van der Waals surface area (Å²) in [5.41, 5.74) is 2.52. The molecule has 3 rings (SSSR count). The molecule has 9 heteroatoms. The molecule has 2 N–H and O–H groups in total. The number of nitrogens with zero attached hydrogens (tertiary/aromatic N) is 3. The molecule has 156 valence electrons. The summed E-state index contributed by atoms with van der Waals surface area (Å²) in [7, 11) is 1.66. The molecule has 0 radical (unpaired) electrons. The van der Waals surface area contributed by atoms with Crippen LogP contribution >= 0.6 is 11.6 Å². The minimum Gasteiger partial charge on any atom is -0.344 e. The molecule has 2 aromatic carbocycles. The van der Waals surface area contributed by atoms with Crippen molar-refractivity contribution in [2.45, 2.75) is 19.9 Å². The van der Waals surface area contributed by atoms with Crippen LogP contribution in [0, 0.1) is 6.92 Å². The van der Waals surface area contributed by atoms with E-state index in [-0.39, 0.29) is 11.9 Å². The quantitative estimate of drug-likeness (QED) is 0.599. The van der Waals surface area contributed by atoms with Crippen LogP contribution in [0.25, 0.3) is 0 Å². The number of benzene rings is 2. The summed E-state index contributed by atoms with van der Waals surface area (Å²) in [5.74, 6) is -0.207. The highest BCUT2D eigenvalue weighted by molar-refractivity contribution is 6.31. The Labute approximate surface area is 179 Å². The number of aryl methyl sites for hydroxylation is 1. The molecule has 0 saturated carbocycles. The molecule has 0 saturated heterocycles. The van der Waals surface area contributed by atoms with E-state index < -0.39 is 5.91 Å². The number of hydrogen-bond acceptors (Lipinski definition) is 5. The summed E-state index contributed by atoms with van der Waals surface area (Å²) < 4.78 is 5.03. The van der Waals surface area contributed by atoms with Gasteiger partial charge in [0.2, 0.25) is 0 Å². The lowest BCUT2D eigenvalue weighted by Gasteiger charge is -2.18. The molecule has 0 unspecified atom stereocenters. The third kappa shape index (κ3) is 5.81. The maximum atomic E-state index is 12.4. The second-order valence-electron chi connectivity index (χ2n) is 6.74. The summed E-state index contributed by atoms with van der Waals surface area (Å²) in [6.45, 7) is 2.59. The van der Waals surface area contributed by atoms with E-state index in [1.807, 2.05) is 43.3 Å². The van der Waals surface area contributed by atoms with Crippen LogP contribution in [-0.4, -0.2) is 40.6 Å². The van der Waals surface area contributed by atoms with Gasteiger partial charge in [-0.05, 0) is 30.2 Å². The van der Waals surface area contributed by atoms with E-state index in [0.29, 0.717) is 36.0 Å². The van der Waals surface area contributed by atoms with Gasteiger partial charge in [-0.3, -0.25) is 4.79 Å². The molecule has 0 bridgehead atoms. The number of hydrogen-bond donors (Lipinski definition) is 2. The Morgan fingerprint density at radius 2 is 1.93 bits per heavy atom. The van der Waals surface area contributed by atoms with Gasteiger partial charge in [0.05, 0.1) is 0 Å². The molecule has 0 aliphatic heterocycles. The van der Waals surface area contributed by atoms with E-state index in [2.05, 4.69) is 20.8 Å². The predicted molar refractivity (Wildman–Crippen MR) is 113 cm³/mol. The van der Waals surface area contributed by atoms with Crippen molar-refractivity contribution in [2.75, 3.05) is 18.9 Å². The topological polar surface area (TPSA) is 100 Å². The van der Waals surface area contributed by atoms with Crippen molar-refractivity contribution < 1.29 is 14.1 Å². The molecule has 1 heterocycles. The zero-order valence-electron chi connectivity index (χ0n) is 16.7. The fourth-order valence-corrected chi connectivity index (χ4v) is 2.78. The molecule has 0 aliphatic carbocycles. The molecule has 8 nitrogen and oxygen atoms in total. The fourth-order valence-electron chi connectivity index (χ4n) is 2.61. The number of anilines is 1. The molecule has 0 fully saturated rings. The Hall–Kier alpha value is -3.39. The number of carbonyl (C=O) groups is 2. The molecular weight excluding hydrogens is 406 g/mol. The van der Waals surface area contributed by atoms with Gasteiger partial charge < -0.3 is 20.1 Å². The Kier molecular flexibility index (Phi) is 7.03. The number of likely N-dealkylation sites (N-methyl/N-ethyl adjacent to an activating group) is 1. The number of halogens is 1. The summed E-state index contributed by atoms with van der Waals surface area (Å²) in [6, 6.07) is 14.5. The van der Waals surface area contributed by atoms with Gasteiger partial charge in [0.1, 0.15) is 0 Å². The molecule has 30 heavy (non-hydrogen) atoms. The Balaban J connectivity index is 1.48. The maximum absolute atomic E-state index is 12.4. The van der Waals surface area contributed by atoms with Gasteiger partial charge in [-0.25, -0.2) is 4.79 Å². The summed E-state index contributed by atoms with van der Waals surface area (Å²) in [6.07, 6.45) is 0.341. The van der Waals surface area contributed by atoms with Crippen molar-refractivity contribution in [3.63, 3.8) is 0 Å². The molecule has 3 amide bonds. The van der Waals surface area contributed by atoms with Gasteiger partial charge >= 0.3 is 17.8 Å². The minimum atomic E-state index is -0.444. The van der Waals surface area contributed by atoms with Crippen LogP contribution in [0.4, 0.5) is 10.5 Å². The largest absolute Gasteiger partial charge is 0.344 e. The molecule has 0 aliphatic rings. The zero-order valence-corrected chi connectivity index (χ0v) is 17.4. The average molecular weight is 428 g/mol. The molecule has 3 aromatic rings. The second-order valence-corrected chi connectivity index (χ2v) is 7.18. The van der Waals surface area contributed by atoms with Crippen LogP contribution in [0.5, 0.6) is 0 Å². The maximum Gasteiger partial charge on any atom is 0.321 e. The number of carbonyl (C=O) groups excluding carboxylic acids is 2. The molecule has 0 spiro atoms. The van der Waals surface area contributed by atoms with Gasteiger partial charge in [0.15, 0.2) is 5.82 Å². The smallest absolute Gasteiger partial charge is 0.321 e. The first-order valence-electron chi connectivity index (χ1n) is 9.35. The van der Waals surface area contributed by atoms with E-state index in [1.165, 1.54) is 4.90 Å². The van der Waals surface area contributed by atoms with Gasteiger partial charge in [-0.1, -0.05) is 53.2 Å². The van der Waals surface area contributed by atoms with Crippen molar-refractivity contribution in [3.8, 4) is 0 Å². The van der Waals surface area contributed by atoms with Crippen molar-refractivity contribution in [3.05, 3.63) is 76.4 Å². The van der Waals surface area contributed by atoms with E-state index in [0.717, 1.165) is 11.1 Å². The van der Waals surface area contributed by atoms with Crippen molar-refractivity contribution in [1.82, 2.24) is 20.4 Å². The predicted octanol–water partition coefficient (Wildman–Crippen LogP) is 3.67. The van der Waals surface area contributed by atoms with Crippen LogP contribution in [0.15, 0.2) is 53.1 Å². The van der Waals surface area contributed by atoms with Crippen molar-refractivity contribution in [2.24, 2.45) is 0 Å². The lowest BCUT2D eigenvalue weighted by Crippen LogP contribution is -2.33. The van der Waals surface area contributed by atoms with Crippen LogP contribution in [-0.2, 0) is 13.0 Å². The monoisotopic (exact) mass is 427 g/mol. The number of urea groups is 1. The fraction of sp³-hybridized carbons (Fsp3) is 0.238. The summed E-state index contributed by atoms with van der Waals surface area (Å²) in [5, 5.41) is 9.90. The first-order valence-corrected chi connectivity index (χ1v) is 9.73. The van der Waals surface area contributed by atoms with E-state index >= 15 is 0 Å². The van der Waals surface area contributed by atoms with Crippen molar-refractivity contribution in [1.29, 1.82) is 0 Å². The SMILES string of the molecule is Cc1ccc(Cl)cc1NC(=O)N(C)CCc1noc(C(=O)NCc2ccccc2)n1. The van der Waals surface area contributed by atoms with E-state index in [4.69, 9.17) is 16.1 Å². The van der Waals surface area contributed by atoms with Crippen molar-refractivity contribution >= 4 is 29.2 Å².